The molecule has 0 aromatic heterocycles. The molecule has 0 amide bonds. The van der Waals surface area contributed by atoms with Gasteiger partial charge in [-0.1, -0.05) is 6.07 Å². The number of carboxylic acids is 1. The second-order valence-corrected chi connectivity index (χ2v) is 3.54. The van der Waals surface area contributed by atoms with Gasteiger partial charge in [0.15, 0.2) is 0 Å². The molecule has 14 heavy (non-hydrogen) atoms. The maximum Gasteiger partial charge on any atom is 0.337 e. The van der Waals surface area contributed by atoms with E-state index in [4.69, 9.17) is 16.6 Å². The van der Waals surface area contributed by atoms with Crippen molar-refractivity contribution >= 4 is 11.7 Å². The van der Waals surface area contributed by atoms with Crippen molar-refractivity contribution < 1.29 is 9.90 Å². The van der Waals surface area contributed by atoms with Crippen LogP contribution in [0.4, 0.5) is 5.69 Å². The summed E-state index contributed by atoms with van der Waals surface area (Å²) in [5.74, 6) is -0.981. The molecular formula is C10H12N2O2. The third-order valence-corrected chi connectivity index (χ3v) is 2.73. The number of carbonyl (C=O) groups is 1. The number of hydrogen-bond acceptors (Lipinski definition) is 3. The van der Waals surface area contributed by atoms with Gasteiger partial charge in [0.05, 0.1) is 5.56 Å². The summed E-state index contributed by atoms with van der Waals surface area (Å²) >= 11 is 0. The molecule has 1 aromatic rings. The van der Waals surface area contributed by atoms with E-state index in [1.807, 2.05) is 0 Å². The fraction of sp³-hybridized carbons (Fsp3) is 0.300. The minimum atomic E-state index is -0.981. The van der Waals surface area contributed by atoms with Crippen molar-refractivity contribution in [2.24, 2.45) is 5.73 Å². The van der Waals surface area contributed by atoms with Crippen LogP contribution in [0.3, 0.4) is 0 Å². The van der Waals surface area contributed by atoms with Gasteiger partial charge in [-0.05, 0) is 30.0 Å². The molecule has 1 unspecified atom stereocenters. The van der Waals surface area contributed by atoms with Crippen LogP contribution < -0.4 is 11.5 Å². The monoisotopic (exact) mass is 192 g/mol. The molecule has 74 valence electrons. The Balaban J connectivity index is 2.58. The highest BCUT2D eigenvalue weighted by Crippen LogP contribution is 2.34. The fourth-order valence-corrected chi connectivity index (χ4v) is 1.95. The van der Waals surface area contributed by atoms with Crippen LogP contribution in [-0.2, 0) is 6.42 Å². The maximum atomic E-state index is 10.8. The van der Waals surface area contributed by atoms with E-state index in [1.165, 1.54) is 6.07 Å². The lowest BCUT2D eigenvalue weighted by Crippen LogP contribution is -2.08. The van der Waals surface area contributed by atoms with Crippen LogP contribution >= 0.6 is 0 Å². The van der Waals surface area contributed by atoms with E-state index < -0.39 is 5.97 Å². The van der Waals surface area contributed by atoms with E-state index in [2.05, 4.69) is 0 Å². The quantitative estimate of drug-likeness (QED) is 0.577. The smallest absolute Gasteiger partial charge is 0.337 e. The van der Waals surface area contributed by atoms with Gasteiger partial charge in [0, 0.05) is 11.7 Å². The van der Waals surface area contributed by atoms with Crippen molar-refractivity contribution in [1.82, 2.24) is 0 Å². The summed E-state index contributed by atoms with van der Waals surface area (Å²) in [6, 6.07) is 3.31. The highest BCUT2D eigenvalue weighted by atomic mass is 16.4. The molecule has 1 atom stereocenters. The topological polar surface area (TPSA) is 89.3 Å². The molecule has 2 rings (SSSR count). The van der Waals surface area contributed by atoms with E-state index >= 15 is 0 Å². The van der Waals surface area contributed by atoms with Crippen LogP contribution in [0, 0.1) is 0 Å². The van der Waals surface area contributed by atoms with Crippen LogP contribution in [0.1, 0.15) is 33.9 Å². The lowest BCUT2D eigenvalue weighted by molar-refractivity contribution is 0.0698. The highest BCUT2D eigenvalue weighted by molar-refractivity contribution is 5.94. The van der Waals surface area contributed by atoms with Gasteiger partial charge in [0.2, 0.25) is 0 Å². The Hall–Kier alpha value is -1.55. The number of aromatic carboxylic acids is 1. The van der Waals surface area contributed by atoms with E-state index in [1.54, 1.807) is 6.07 Å². The molecule has 1 aliphatic rings. The minimum Gasteiger partial charge on any atom is -0.478 e. The van der Waals surface area contributed by atoms with Gasteiger partial charge in [0.25, 0.3) is 0 Å². The van der Waals surface area contributed by atoms with Crippen LogP contribution in [0.5, 0.6) is 0 Å². The third-order valence-electron chi connectivity index (χ3n) is 2.73. The van der Waals surface area contributed by atoms with Crippen molar-refractivity contribution in [3.05, 3.63) is 28.8 Å². The lowest BCUT2D eigenvalue weighted by Gasteiger charge is -2.08. The van der Waals surface area contributed by atoms with Crippen molar-refractivity contribution in [2.75, 3.05) is 5.73 Å². The van der Waals surface area contributed by atoms with Gasteiger partial charge in [-0.2, -0.15) is 0 Å². The number of nitrogens with two attached hydrogens (primary N) is 2. The first-order valence-electron chi connectivity index (χ1n) is 4.51. The van der Waals surface area contributed by atoms with E-state index in [9.17, 15) is 4.79 Å². The molecule has 1 aliphatic carbocycles. The Morgan fingerprint density at radius 3 is 2.86 bits per heavy atom. The van der Waals surface area contributed by atoms with E-state index in [0.717, 1.165) is 24.0 Å². The SMILES string of the molecule is Nc1c(C(=O)O)ccc2c1CCC2N. The molecule has 1 aromatic carbocycles. The molecule has 0 fully saturated rings. The predicted octanol–water partition coefficient (Wildman–Crippen LogP) is 0.913. The first-order chi connectivity index (χ1) is 6.61. The van der Waals surface area contributed by atoms with Gasteiger partial charge in [-0.3, -0.25) is 0 Å². The van der Waals surface area contributed by atoms with Crippen LogP contribution in [0.15, 0.2) is 12.1 Å². The summed E-state index contributed by atoms with van der Waals surface area (Å²) < 4.78 is 0. The molecule has 0 spiro atoms. The Morgan fingerprint density at radius 1 is 1.50 bits per heavy atom. The fourth-order valence-electron chi connectivity index (χ4n) is 1.95. The first-order valence-corrected chi connectivity index (χ1v) is 4.51. The summed E-state index contributed by atoms with van der Waals surface area (Å²) in [7, 11) is 0. The largest absolute Gasteiger partial charge is 0.478 e. The zero-order chi connectivity index (χ0) is 10.3. The van der Waals surface area contributed by atoms with Crippen molar-refractivity contribution in [1.29, 1.82) is 0 Å². The average Bonchev–Trinajstić information content (AvgIpc) is 2.49. The number of carboxylic acid groups (broad SMARTS) is 1. The van der Waals surface area contributed by atoms with Crippen LogP contribution in [0.25, 0.3) is 0 Å². The van der Waals surface area contributed by atoms with Crippen molar-refractivity contribution in [2.45, 2.75) is 18.9 Å². The third kappa shape index (κ3) is 1.15. The molecule has 0 saturated carbocycles. The van der Waals surface area contributed by atoms with Crippen molar-refractivity contribution in [3.8, 4) is 0 Å². The second kappa shape index (κ2) is 2.99. The molecule has 0 radical (unpaired) electrons. The molecule has 5 N–H and O–H groups in total. The average molecular weight is 192 g/mol. The highest BCUT2D eigenvalue weighted by Gasteiger charge is 2.23. The van der Waals surface area contributed by atoms with Crippen molar-refractivity contribution in [3.63, 3.8) is 0 Å². The molecule has 4 nitrogen and oxygen atoms in total. The number of hydrogen-bond donors (Lipinski definition) is 3. The Kier molecular flexibility index (Phi) is 1.93. The van der Waals surface area contributed by atoms with Gasteiger partial charge >= 0.3 is 5.97 Å². The zero-order valence-electron chi connectivity index (χ0n) is 7.66. The van der Waals surface area contributed by atoms with Gasteiger partial charge in [-0.25, -0.2) is 4.79 Å². The van der Waals surface area contributed by atoms with Crippen LogP contribution in [0.2, 0.25) is 0 Å². The van der Waals surface area contributed by atoms with Crippen LogP contribution in [-0.4, -0.2) is 11.1 Å². The van der Waals surface area contributed by atoms with E-state index in [-0.39, 0.29) is 11.6 Å². The van der Waals surface area contributed by atoms with Gasteiger partial charge in [-0.15, -0.1) is 0 Å². The molecule has 4 heteroatoms. The molecule has 0 bridgehead atoms. The molecular weight excluding hydrogens is 180 g/mol. The Labute approximate surface area is 81.5 Å². The first kappa shape index (κ1) is 9.02. The zero-order valence-corrected chi connectivity index (χ0v) is 7.66. The second-order valence-electron chi connectivity index (χ2n) is 3.54. The van der Waals surface area contributed by atoms with E-state index in [0.29, 0.717) is 5.69 Å². The number of fused-ring (bicyclic) bond motifs is 1. The number of anilines is 1. The van der Waals surface area contributed by atoms with Gasteiger partial charge in [0.1, 0.15) is 0 Å². The summed E-state index contributed by atoms with van der Waals surface area (Å²) in [5, 5.41) is 8.85. The maximum absolute atomic E-state index is 10.8. The number of nitrogen functional groups attached to an aromatic ring is 1. The Morgan fingerprint density at radius 2 is 2.21 bits per heavy atom. The minimum absolute atomic E-state index is 0.00939. The normalized spacial score (nSPS) is 19.4. The molecule has 0 saturated heterocycles. The summed E-state index contributed by atoms with van der Waals surface area (Å²) in [4.78, 5) is 10.8. The number of benzene rings is 1. The molecule has 0 aliphatic heterocycles. The standard InChI is InChI=1S/C10H12N2O2/c11-8-4-3-6-5(8)1-2-7(9(6)12)10(13)14/h1-2,8H,3-4,11-12H2,(H,13,14). The van der Waals surface area contributed by atoms with Gasteiger partial charge < -0.3 is 16.6 Å². The number of rotatable bonds is 1. The molecule has 0 heterocycles. The lowest BCUT2D eigenvalue weighted by atomic mass is 10.0. The summed E-state index contributed by atoms with van der Waals surface area (Å²) in [5.41, 5.74) is 14.1. The Bertz CT molecular complexity index is 401. The summed E-state index contributed by atoms with van der Waals surface area (Å²) in [6.07, 6.45) is 1.63. The predicted molar refractivity (Wildman–Crippen MR) is 53.1 cm³/mol. The summed E-state index contributed by atoms with van der Waals surface area (Å²) in [6.45, 7) is 0.